The highest BCUT2D eigenvalue weighted by Gasteiger charge is 2.31. The van der Waals surface area contributed by atoms with Gasteiger partial charge in [0, 0.05) is 5.69 Å². The molecule has 1 aromatic carbocycles. The van der Waals surface area contributed by atoms with Crippen LogP contribution in [-0.4, -0.2) is 0 Å². The molecule has 16 heavy (non-hydrogen) atoms. The van der Waals surface area contributed by atoms with E-state index in [4.69, 9.17) is 5.73 Å². The molecule has 1 atom stereocenters. The summed E-state index contributed by atoms with van der Waals surface area (Å²) >= 11 is 0. The Morgan fingerprint density at radius 1 is 1.25 bits per heavy atom. The lowest BCUT2D eigenvalue weighted by Gasteiger charge is -2.13. The largest absolute Gasteiger partial charge is 0.416 e. The minimum Gasteiger partial charge on any atom is -0.399 e. The maximum atomic E-state index is 12.5. The van der Waals surface area contributed by atoms with Crippen LogP contribution in [0.2, 0.25) is 0 Å². The molecule has 0 aliphatic heterocycles. The van der Waals surface area contributed by atoms with Crippen LogP contribution in [0.1, 0.15) is 31.4 Å². The minimum atomic E-state index is -4.32. The summed E-state index contributed by atoms with van der Waals surface area (Å²) in [5, 5.41) is 0. The highest BCUT2D eigenvalue weighted by Crippen LogP contribution is 2.31. The number of benzene rings is 1. The fourth-order valence-corrected chi connectivity index (χ4v) is 1.55. The van der Waals surface area contributed by atoms with Crippen LogP contribution < -0.4 is 5.73 Å². The van der Waals surface area contributed by atoms with Gasteiger partial charge in [-0.1, -0.05) is 20.3 Å². The van der Waals surface area contributed by atoms with Crippen molar-refractivity contribution < 1.29 is 13.2 Å². The molecular weight excluding hydrogens is 215 g/mol. The standard InChI is InChI=1S/C12H16F3N/c1-3-8(2)4-9-5-10(12(13,14)15)7-11(16)6-9/h5-8H,3-4,16H2,1-2H3/t8-/m0/s1. The summed E-state index contributed by atoms with van der Waals surface area (Å²) in [4.78, 5) is 0. The number of nitrogen functional groups attached to an aromatic ring is 1. The van der Waals surface area contributed by atoms with Crippen molar-refractivity contribution in [3.63, 3.8) is 0 Å². The average Bonchev–Trinajstić information content (AvgIpc) is 2.15. The summed E-state index contributed by atoms with van der Waals surface area (Å²) in [5.74, 6) is 0.364. The lowest BCUT2D eigenvalue weighted by molar-refractivity contribution is -0.137. The summed E-state index contributed by atoms with van der Waals surface area (Å²) in [6.07, 6.45) is -2.75. The van der Waals surface area contributed by atoms with E-state index in [1.165, 1.54) is 6.07 Å². The van der Waals surface area contributed by atoms with E-state index in [0.717, 1.165) is 12.5 Å². The Morgan fingerprint density at radius 3 is 2.38 bits per heavy atom. The molecule has 0 bridgehead atoms. The second-order valence-corrected chi connectivity index (χ2v) is 4.18. The van der Waals surface area contributed by atoms with Crippen LogP contribution in [0.25, 0.3) is 0 Å². The van der Waals surface area contributed by atoms with Crippen molar-refractivity contribution in [3.05, 3.63) is 29.3 Å². The maximum absolute atomic E-state index is 12.5. The van der Waals surface area contributed by atoms with E-state index >= 15 is 0 Å². The highest BCUT2D eigenvalue weighted by atomic mass is 19.4. The van der Waals surface area contributed by atoms with Crippen molar-refractivity contribution in [2.45, 2.75) is 32.9 Å². The summed E-state index contributed by atoms with van der Waals surface area (Å²) in [5.41, 5.74) is 5.64. The fraction of sp³-hybridized carbons (Fsp3) is 0.500. The lowest BCUT2D eigenvalue weighted by atomic mass is 9.97. The zero-order chi connectivity index (χ0) is 12.3. The Hall–Kier alpha value is -1.19. The predicted molar refractivity (Wildman–Crippen MR) is 59.0 cm³/mol. The molecule has 0 fully saturated rings. The van der Waals surface area contributed by atoms with Gasteiger partial charge in [0.05, 0.1) is 5.56 Å². The molecule has 2 N–H and O–H groups in total. The molecule has 0 aliphatic carbocycles. The number of anilines is 1. The van der Waals surface area contributed by atoms with Crippen molar-refractivity contribution in [1.29, 1.82) is 0 Å². The molecule has 90 valence electrons. The van der Waals surface area contributed by atoms with Crippen LogP contribution >= 0.6 is 0 Å². The van der Waals surface area contributed by atoms with Gasteiger partial charge in [0.1, 0.15) is 0 Å². The van der Waals surface area contributed by atoms with Crippen molar-refractivity contribution in [1.82, 2.24) is 0 Å². The van der Waals surface area contributed by atoms with Gasteiger partial charge >= 0.3 is 6.18 Å². The molecule has 0 radical (unpaired) electrons. The summed E-state index contributed by atoms with van der Waals surface area (Å²) in [7, 11) is 0. The van der Waals surface area contributed by atoms with Gasteiger partial charge in [-0.2, -0.15) is 13.2 Å². The third-order valence-electron chi connectivity index (χ3n) is 2.62. The van der Waals surface area contributed by atoms with Gasteiger partial charge in [-0.05, 0) is 36.1 Å². The van der Waals surface area contributed by atoms with Crippen molar-refractivity contribution in [3.8, 4) is 0 Å². The molecule has 0 saturated heterocycles. The monoisotopic (exact) mass is 231 g/mol. The fourth-order valence-electron chi connectivity index (χ4n) is 1.55. The van der Waals surface area contributed by atoms with E-state index in [-0.39, 0.29) is 5.69 Å². The van der Waals surface area contributed by atoms with E-state index in [1.807, 2.05) is 13.8 Å². The zero-order valence-corrected chi connectivity index (χ0v) is 9.43. The molecule has 1 rings (SSSR count). The maximum Gasteiger partial charge on any atom is 0.416 e. The van der Waals surface area contributed by atoms with Gasteiger partial charge in [-0.25, -0.2) is 0 Å². The van der Waals surface area contributed by atoms with E-state index < -0.39 is 11.7 Å². The number of hydrogen-bond acceptors (Lipinski definition) is 1. The van der Waals surface area contributed by atoms with Crippen molar-refractivity contribution in [2.75, 3.05) is 5.73 Å². The Kier molecular flexibility index (Phi) is 3.83. The molecule has 1 nitrogen and oxygen atoms in total. The van der Waals surface area contributed by atoms with Crippen molar-refractivity contribution >= 4 is 5.69 Å². The van der Waals surface area contributed by atoms with Crippen LogP contribution in [0, 0.1) is 5.92 Å². The minimum absolute atomic E-state index is 0.174. The molecule has 1 aromatic rings. The SMILES string of the molecule is CC[C@H](C)Cc1cc(N)cc(C(F)(F)F)c1. The molecular formula is C12H16F3N. The molecule has 0 aliphatic rings. The Bertz CT molecular complexity index is 358. The van der Waals surface area contributed by atoms with Crippen LogP contribution in [0.15, 0.2) is 18.2 Å². The van der Waals surface area contributed by atoms with Crippen LogP contribution in [0.4, 0.5) is 18.9 Å². The topological polar surface area (TPSA) is 26.0 Å². The quantitative estimate of drug-likeness (QED) is 0.785. The first-order chi connectivity index (χ1) is 7.32. The number of rotatable bonds is 3. The zero-order valence-electron chi connectivity index (χ0n) is 9.43. The summed E-state index contributed by atoms with van der Waals surface area (Å²) in [6.45, 7) is 4.03. The smallest absolute Gasteiger partial charge is 0.399 e. The van der Waals surface area contributed by atoms with E-state index in [1.54, 1.807) is 6.07 Å². The summed E-state index contributed by atoms with van der Waals surface area (Å²) in [6, 6.07) is 3.77. The molecule has 0 unspecified atom stereocenters. The van der Waals surface area contributed by atoms with Crippen LogP contribution in [0.5, 0.6) is 0 Å². The molecule has 0 aromatic heterocycles. The third kappa shape index (κ3) is 3.43. The number of halogens is 3. The third-order valence-corrected chi connectivity index (χ3v) is 2.62. The van der Waals surface area contributed by atoms with Gasteiger partial charge < -0.3 is 5.73 Å². The van der Waals surface area contributed by atoms with Gasteiger partial charge in [0.2, 0.25) is 0 Å². The van der Waals surface area contributed by atoms with E-state index in [2.05, 4.69) is 0 Å². The summed E-state index contributed by atoms with van der Waals surface area (Å²) < 4.78 is 37.5. The molecule has 0 saturated carbocycles. The Labute approximate surface area is 93.5 Å². The highest BCUT2D eigenvalue weighted by molar-refractivity contribution is 5.45. The number of nitrogens with two attached hydrogens (primary N) is 1. The number of alkyl halides is 3. The van der Waals surface area contributed by atoms with Gasteiger partial charge in [0.25, 0.3) is 0 Å². The van der Waals surface area contributed by atoms with E-state index in [0.29, 0.717) is 17.9 Å². The van der Waals surface area contributed by atoms with Gasteiger partial charge in [0.15, 0.2) is 0 Å². The van der Waals surface area contributed by atoms with Gasteiger partial charge in [-0.15, -0.1) is 0 Å². The Morgan fingerprint density at radius 2 is 1.88 bits per heavy atom. The first kappa shape index (κ1) is 12.9. The lowest BCUT2D eigenvalue weighted by Crippen LogP contribution is -2.08. The van der Waals surface area contributed by atoms with Crippen molar-refractivity contribution in [2.24, 2.45) is 5.92 Å². The van der Waals surface area contributed by atoms with E-state index in [9.17, 15) is 13.2 Å². The van der Waals surface area contributed by atoms with Crippen LogP contribution in [-0.2, 0) is 12.6 Å². The molecule has 0 spiro atoms. The normalized spacial score (nSPS) is 13.8. The Balaban J connectivity index is 2.99. The molecule has 0 amide bonds. The second-order valence-electron chi connectivity index (χ2n) is 4.18. The number of hydrogen-bond donors (Lipinski definition) is 1. The van der Waals surface area contributed by atoms with Crippen LogP contribution in [0.3, 0.4) is 0 Å². The first-order valence-electron chi connectivity index (χ1n) is 5.29. The van der Waals surface area contributed by atoms with Gasteiger partial charge in [-0.3, -0.25) is 0 Å². The average molecular weight is 231 g/mol. The predicted octanol–water partition coefficient (Wildman–Crippen LogP) is 3.88. The molecule has 0 heterocycles. The first-order valence-corrected chi connectivity index (χ1v) is 5.29. The second kappa shape index (κ2) is 4.76. The molecule has 4 heteroatoms.